The Labute approximate surface area is 145 Å². The maximum Gasteiger partial charge on any atom is 0.325 e. The summed E-state index contributed by atoms with van der Waals surface area (Å²) >= 11 is 1.17. The summed E-state index contributed by atoms with van der Waals surface area (Å²) in [4.78, 5) is 39.6. The van der Waals surface area contributed by atoms with Crippen LogP contribution in [0.3, 0.4) is 0 Å². The summed E-state index contributed by atoms with van der Waals surface area (Å²) in [6.07, 6.45) is 1.03. The molecule has 3 rings (SSSR count). The first kappa shape index (κ1) is 16.6. The van der Waals surface area contributed by atoms with Gasteiger partial charge in [-0.1, -0.05) is 41.7 Å². The molecule has 1 aromatic carbocycles. The molecule has 0 aliphatic carbocycles. The van der Waals surface area contributed by atoms with Gasteiger partial charge < -0.3 is 16.0 Å². The Morgan fingerprint density at radius 3 is 2.64 bits per heavy atom. The SMILES string of the molecule is Nc1nnc([C@@H](NC(=O)Cc2c[nH]c(=O)[nH]c2=O)c2ccccc2)s1. The minimum atomic E-state index is -0.624. The molecule has 0 aliphatic heterocycles. The zero-order chi connectivity index (χ0) is 17.8. The minimum Gasteiger partial charge on any atom is -0.374 e. The first-order chi connectivity index (χ1) is 12.0. The van der Waals surface area contributed by atoms with Crippen LogP contribution < -0.4 is 22.3 Å². The van der Waals surface area contributed by atoms with E-state index in [0.717, 1.165) is 5.56 Å². The second-order valence-electron chi connectivity index (χ2n) is 5.16. The molecule has 25 heavy (non-hydrogen) atoms. The molecule has 0 bridgehead atoms. The summed E-state index contributed by atoms with van der Waals surface area (Å²) in [6.45, 7) is 0. The highest BCUT2D eigenvalue weighted by Crippen LogP contribution is 2.25. The van der Waals surface area contributed by atoms with E-state index in [1.165, 1.54) is 17.5 Å². The number of anilines is 1. The number of carbonyl (C=O) groups is 1. The second kappa shape index (κ2) is 7.09. The molecule has 0 aliphatic rings. The number of rotatable bonds is 5. The molecule has 9 nitrogen and oxygen atoms in total. The molecular formula is C15H14N6O3S. The van der Waals surface area contributed by atoms with E-state index in [4.69, 9.17) is 5.73 Å². The zero-order valence-electron chi connectivity index (χ0n) is 12.9. The number of H-pyrrole nitrogens is 2. The number of amides is 1. The molecule has 2 aromatic heterocycles. The smallest absolute Gasteiger partial charge is 0.325 e. The van der Waals surface area contributed by atoms with Crippen LogP contribution >= 0.6 is 11.3 Å². The van der Waals surface area contributed by atoms with Gasteiger partial charge in [-0.3, -0.25) is 14.6 Å². The Hall–Kier alpha value is -3.27. The number of hydrogen-bond acceptors (Lipinski definition) is 7. The molecule has 0 radical (unpaired) electrons. The van der Waals surface area contributed by atoms with Crippen molar-refractivity contribution in [3.63, 3.8) is 0 Å². The van der Waals surface area contributed by atoms with Crippen molar-refractivity contribution < 1.29 is 4.79 Å². The molecular weight excluding hydrogens is 344 g/mol. The lowest BCUT2D eigenvalue weighted by Crippen LogP contribution is -2.33. The van der Waals surface area contributed by atoms with Crippen LogP contribution in [0.2, 0.25) is 0 Å². The summed E-state index contributed by atoms with van der Waals surface area (Å²) in [7, 11) is 0. The standard InChI is InChI=1S/C15H14N6O3S/c16-14-21-20-13(25-14)11(8-4-2-1-3-5-8)18-10(22)6-9-7-17-15(24)19-12(9)23/h1-5,7,11H,6H2,(H2,16,21)(H,18,22)(H2,17,19,23,24)/t11-/m0/s1. The highest BCUT2D eigenvalue weighted by Gasteiger charge is 2.21. The van der Waals surface area contributed by atoms with Crippen molar-refractivity contribution >= 4 is 22.4 Å². The molecule has 0 spiro atoms. The van der Waals surface area contributed by atoms with Crippen LogP contribution in [0, 0.1) is 0 Å². The van der Waals surface area contributed by atoms with Crippen LogP contribution in [-0.2, 0) is 11.2 Å². The normalized spacial score (nSPS) is 11.8. The first-order valence-electron chi connectivity index (χ1n) is 7.27. The van der Waals surface area contributed by atoms with Crippen LogP contribution in [0.15, 0.2) is 46.1 Å². The fraction of sp³-hybridized carbons (Fsp3) is 0.133. The average Bonchev–Trinajstić information content (AvgIpc) is 3.02. The molecule has 10 heteroatoms. The molecule has 0 saturated heterocycles. The minimum absolute atomic E-state index is 0.153. The van der Waals surface area contributed by atoms with Crippen LogP contribution in [0.1, 0.15) is 22.2 Å². The van der Waals surface area contributed by atoms with Gasteiger partial charge in [0.2, 0.25) is 11.0 Å². The largest absolute Gasteiger partial charge is 0.374 e. The van der Waals surface area contributed by atoms with Crippen molar-refractivity contribution in [2.24, 2.45) is 0 Å². The number of aromatic nitrogens is 4. The summed E-state index contributed by atoms with van der Waals surface area (Å²) in [5, 5.41) is 11.4. The van der Waals surface area contributed by atoms with Crippen LogP contribution in [-0.4, -0.2) is 26.1 Å². The molecule has 0 unspecified atom stereocenters. The molecule has 128 valence electrons. The van der Waals surface area contributed by atoms with Gasteiger partial charge in [-0.05, 0) is 5.56 Å². The topological polar surface area (TPSA) is 147 Å². The van der Waals surface area contributed by atoms with E-state index in [0.29, 0.717) is 10.1 Å². The van der Waals surface area contributed by atoms with Crippen molar-refractivity contribution in [2.75, 3.05) is 5.73 Å². The maximum absolute atomic E-state index is 12.4. The van der Waals surface area contributed by atoms with E-state index in [1.807, 2.05) is 30.3 Å². The summed E-state index contributed by atoms with van der Waals surface area (Å²) < 4.78 is 0. The fourth-order valence-corrected chi connectivity index (χ4v) is 2.94. The van der Waals surface area contributed by atoms with E-state index in [1.54, 1.807) is 0 Å². The van der Waals surface area contributed by atoms with Gasteiger partial charge in [-0.25, -0.2) is 4.79 Å². The number of hydrogen-bond donors (Lipinski definition) is 4. The van der Waals surface area contributed by atoms with Crippen molar-refractivity contribution in [3.8, 4) is 0 Å². The van der Waals surface area contributed by atoms with Crippen molar-refractivity contribution in [3.05, 3.63) is 73.5 Å². The zero-order valence-corrected chi connectivity index (χ0v) is 13.7. The van der Waals surface area contributed by atoms with Crippen molar-refractivity contribution in [1.29, 1.82) is 0 Å². The third-order valence-electron chi connectivity index (χ3n) is 3.39. The van der Waals surface area contributed by atoms with Gasteiger partial charge in [0.1, 0.15) is 11.0 Å². The van der Waals surface area contributed by atoms with Crippen LogP contribution in [0.4, 0.5) is 5.13 Å². The number of nitrogen functional groups attached to an aromatic ring is 1. The lowest BCUT2D eigenvalue weighted by molar-refractivity contribution is -0.121. The highest BCUT2D eigenvalue weighted by atomic mass is 32.1. The monoisotopic (exact) mass is 358 g/mol. The summed E-state index contributed by atoms with van der Waals surface area (Å²) in [5.41, 5.74) is 5.37. The fourth-order valence-electron chi connectivity index (χ4n) is 2.25. The number of carbonyl (C=O) groups excluding carboxylic acids is 1. The third-order valence-corrected chi connectivity index (χ3v) is 4.21. The highest BCUT2D eigenvalue weighted by molar-refractivity contribution is 7.15. The van der Waals surface area contributed by atoms with E-state index in [9.17, 15) is 14.4 Å². The predicted molar refractivity (Wildman–Crippen MR) is 92.1 cm³/mol. The average molecular weight is 358 g/mol. The van der Waals surface area contributed by atoms with Crippen molar-refractivity contribution in [2.45, 2.75) is 12.5 Å². The number of nitrogens with two attached hydrogens (primary N) is 1. The van der Waals surface area contributed by atoms with Gasteiger partial charge in [0, 0.05) is 11.8 Å². The number of aromatic amines is 2. The number of nitrogens with one attached hydrogen (secondary N) is 3. The molecule has 1 amide bonds. The third kappa shape index (κ3) is 3.98. The van der Waals surface area contributed by atoms with Gasteiger partial charge in [0.15, 0.2) is 0 Å². The van der Waals surface area contributed by atoms with E-state index >= 15 is 0 Å². The molecule has 3 aromatic rings. The van der Waals surface area contributed by atoms with Gasteiger partial charge in [-0.2, -0.15) is 0 Å². The quantitative estimate of drug-likeness (QED) is 0.503. The second-order valence-corrected chi connectivity index (χ2v) is 6.20. The molecule has 2 heterocycles. The van der Waals surface area contributed by atoms with Crippen molar-refractivity contribution in [1.82, 2.24) is 25.5 Å². The number of benzene rings is 1. The Morgan fingerprint density at radius 1 is 1.24 bits per heavy atom. The lowest BCUT2D eigenvalue weighted by atomic mass is 10.1. The Morgan fingerprint density at radius 2 is 2.00 bits per heavy atom. The lowest BCUT2D eigenvalue weighted by Gasteiger charge is -2.16. The molecule has 0 saturated carbocycles. The van der Waals surface area contributed by atoms with Gasteiger partial charge in [-0.15, -0.1) is 10.2 Å². The predicted octanol–water partition coefficient (Wildman–Crippen LogP) is -0.0548. The number of nitrogens with zero attached hydrogens (tertiary/aromatic N) is 2. The maximum atomic E-state index is 12.4. The van der Waals surface area contributed by atoms with Gasteiger partial charge in [0.25, 0.3) is 5.56 Å². The van der Waals surface area contributed by atoms with E-state index in [-0.39, 0.29) is 12.0 Å². The summed E-state index contributed by atoms with van der Waals surface area (Å²) in [6, 6.07) is 8.68. The van der Waals surface area contributed by atoms with E-state index < -0.39 is 23.2 Å². The molecule has 0 fully saturated rings. The summed E-state index contributed by atoms with van der Waals surface area (Å²) in [5.74, 6) is -0.403. The Bertz CT molecular complexity index is 994. The Kier molecular flexibility index (Phi) is 4.70. The molecule has 5 N–H and O–H groups in total. The van der Waals surface area contributed by atoms with Gasteiger partial charge in [0.05, 0.1) is 6.42 Å². The van der Waals surface area contributed by atoms with Gasteiger partial charge >= 0.3 is 5.69 Å². The Balaban J connectivity index is 1.84. The van der Waals surface area contributed by atoms with Crippen LogP contribution in [0.5, 0.6) is 0 Å². The first-order valence-corrected chi connectivity index (χ1v) is 8.08. The van der Waals surface area contributed by atoms with Crippen LogP contribution in [0.25, 0.3) is 0 Å². The molecule has 1 atom stereocenters. The van der Waals surface area contributed by atoms with E-state index in [2.05, 4.69) is 25.5 Å².